The van der Waals surface area contributed by atoms with E-state index in [-0.39, 0.29) is 12.4 Å². The molecule has 1 heterocycles. The van der Waals surface area contributed by atoms with E-state index in [0.717, 1.165) is 31.7 Å². The van der Waals surface area contributed by atoms with Crippen LogP contribution in [0.5, 0.6) is 5.75 Å². The van der Waals surface area contributed by atoms with Crippen molar-refractivity contribution in [2.24, 2.45) is 4.99 Å². The molecule has 154 valence electrons. The number of rotatable bonds is 10. The van der Waals surface area contributed by atoms with Crippen LogP contribution in [0.3, 0.4) is 0 Å². The summed E-state index contributed by atoms with van der Waals surface area (Å²) < 4.78 is 23.9. The highest BCUT2D eigenvalue weighted by atomic mass is 19.1. The highest BCUT2D eigenvalue weighted by Crippen LogP contribution is 2.23. The molecule has 0 aliphatic heterocycles. The Kier molecular flexibility index (Phi) is 8.32. The third kappa shape index (κ3) is 7.23. The lowest BCUT2D eigenvalue weighted by atomic mass is 10.0. The van der Waals surface area contributed by atoms with Gasteiger partial charge in [0.1, 0.15) is 28.7 Å². The first kappa shape index (κ1) is 21.8. The molecule has 28 heavy (non-hydrogen) atoms. The molecule has 2 rings (SSSR count). The summed E-state index contributed by atoms with van der Waals surface area (Å²) in [6.07, 6.45) is 1.74. The normalized spacial score (nSPS) is 13.8. The van der Waals surface area contributed by atoms with E-state index in [4.69, 9.17) is 9.15 Å². The van der Waals surface area contributed by atoms with Gasteiger partial charge in [-0.2, -0.15) is 0 Å². The minimum Gasteiger partial charge on any atom is -0.494 e. The summed E-state index contributed by atoms with van der Waals surface area (Å²) in [5.74, 6) is 2.30. The number of hydrogen-bond acceptors (Lipinski definition) is 4. The van der Waals surface area contributed by atoms with Gasteiger partial charge >= 0.3 is 0 Å². The summed E-state index contributed by atoms with van der Waals surface area (Å²) in [5, 5.41) is 17.0. The fourth-order valence-electron chi connectivity index (χ4n) is 2.53. The van der Waals surface area contributed by atoms with Crippen molar-refractivity contribution >= 4 is 5.96 Å². The van der Waals surface area contributed by atoms with E-state index in [0.29, 0.717) is 24.1 Å². The SMILES string of the molecule is CCNC(=NCC(C)(O)c1ccc(C)o1)NCCCCOc1ccc(F)cc1. The van der Waals surface area contributed by atoms with Gasteiger partial charge in [-0.15, -0.1) is 0 Å². The Bertz CT molecular complexity index is 742. The average molecular weight is 391 g/mol. The Labute approximate surface area is 165 Å². The molecular formula is C21H30FN3O3. The Morgan fingerprint density at radius 3 is 2.57 bits per heavy atom. The molecule has 1 atom stereocenters. The van der Waals surface area contributed by atoms with Gasteiger partial charge in [0.15, 0.2) is 5.96 Å². The monoisotopic (exact) mass is 391 g/mol. The zero-order chi connectivity index (χ0) is 20.4. The molecule has 2 aromatic rings. The number of nitrogens with one attached hydrogen (secondary N) is 2. The average Bonchev–Trinajstić information content (AvgIpc) is 3.11. The lowest BCUT2D eigenvalue weighted by Gasteiger charge is -2.19. The summed E-state index contributed by atoms with van der Waals surface area (Å²) in [6, 6.07) is 9.60. The van der Waals surface area contributed by atoms with Crippen molar-refractivity contribution in [1.29, 1.82) is 0 Å². The number of nitrogens with zero attached hydrogens (tertiary/aromatic N) is 1. The summed E-state index contributed by atoms with van der Waals surface area (Å²) in [7, 11) is 0. The predicted molar refractivity (Wildman–Crippen MR) is 108 cm³/mol. The standard InChI is InChI=1S/C21H30FN3O3/c1-4-23-20(25-15-21(3,26)19-12-7-16(2)28-19)24-13-5-6-14-27-18-10-8-17(22)9-11-18/h7-12,26H,4-6,13-15H2,1-3H3,(H2,23,24,25). The number of aliphatic hydroxyl groups is 1. The Morgan fingerprint density at radius 2 is 1.93 bits per heavy atom. The number of ether oxygens (including phenoxy) is 1. The van der Waals surface area contributed by atoms with Crippen LogP contribution in [0.25, 0.3) is 0 Å². The number of furan rings is 1. The number of benzene rings is 1. The highest BCUT2D eigenvalue weighted by molar-refractivity contribution is 5.79. The second kappa shape index (κ2) is 10.7. The van der Waals surface area contributed by atoms with Gasteiger partial charge in [-0.3, -0.25) is 0 Å². The molecule has 1 aromatic carbocycles. The molecule has 0 aliphatic rings. The number of halogens is 1. The van der Waals surface area contributed by atoms with Gasteiger partial charge in [0.25, 0.3) is 0 Å². The maximum absolute atomic E-state index is 12.8. The topological polar surface area (TPSA) is 79.0 Å². The van der Waals surface area contributed by atoms with Gasteiger partial charge < -0.3 is 24.9 Å². The van der Waals surface area contributed by atoms with Gasteiger partial charge in [-0.25, -0.2) is 9.38 Å². The van der Waals surface area contributed by atoms with Crippen LogP contribution in [-0.4, -0.2) is 37.3 Å². The third-order valence-electron chi connectivity index (χ3n) is 4.11. The molecule has 0 saturated heterocycles. The first-order chi connectivity index (χ1) is 13.4. The number of guanidine groups is 1. The van der Waals surface area contributed by atoms with Crippen molar-refractivity contribution in [3.8, 4) is 5.75 Å². The van der Waals surface area contributed by atoms with Gasteiger partial charge in [0.2, 0.25) is 0 Å². The van der Waals surface area contributed by atoms with Crippen molar-refractivity contribution in [3.05, 3.63) is 53.7 Å². The quantitative estimate of drug-likeness (QED) is 0.329. The number of hydrogen-bond donors (Lipinski definition) is 3. The summed E-state index contributed by atoms with van der Waals surface area (Å²) in [4.78, 5) is 4.46. The second-order valence-corrected chi connectivity index (χ2v) is 6.82. The Morgan fingerprint density at radius 1 is 1.18 bits per heavy atom. The molecule has 7 heteroatoms. The van der Waals surface area contributed by atoms with E-state index in [1.54, 1.807) is 25.1 Å². The van der Waals surface area contributed by atoms with E-state index < -0.39 is 5.60 Å². The van der Waals surface area contributed by atoms with Crippen LogP contribution in [0.1, 0.15) is 38.2 Å². The minimum atomic E-state index is -1.17. The van der Waals surface area contributed by atoms with Crippen LogP contribution in [0.4, 0.5) is 4.39 Å². The van der Waals surface area contributed by atoms with Crippen LogP contribution in [0, 0.1) is 12.7 Å². The molecule has 0 spiro atoms. The molecule has 0 amide bonds. The van der Waals surface area contributed by atoms with Crippen LogP contribution in [-0.2, 0) is 5.60 Å². The molecule has 0 radical (unpaired) electrons. The van der Waals surface area contributed by atoms with Crippen LogP contribution in [0.15, 0.2) is 45.8 Å². The summed E-state index contributed by atoms with van der Waals surface area (Å²) in [6.45, 7) is 7.71. The largest absolute Gasteiger partial charge is 0.494 e. The van der Waals surface area contributed by atoms with E-state index >= 15 is 0 Å². The first-order valence-electron chi connectivity index (χ1n) is 9.60. The molecule has 0 fully saturated rings. The van der Waals surface area contributed by atoms with Crippen molar-refractivity contribution < 1.29 is 18.7 Å². The molecular weight excluding hydrogens is 361 g/mol. The van der Waals surface area contributed by atoms with E-state index in [9.17, 15) is 9.50 Å². The van der Waals surface area contributed by atoms with Crippen LogP contribution >= 0.6 is 0 Å². The maximum Gasteiger partial charge on any atom is 0.191 e. The van der Waals surface area contributed by atoms with Crippen LogP contribution in [0.2, 0.25) is 0 Å². The zero-order valence-corrected chi connectivity index (χ0v) is 16.8. The third-order valence-corrected chi connectivity index (χ3v) is 4.11. The fraction of sp³-hybridized carbons (Fsp3) is 0.476. The molecule has 1 unspecified atom stereocenters. The molecule has 3 N–H and O–H groups in total. The zero-order valence-electron chi connectivity index (χ0n) is 16.8. The number of aliphatic imine (C=N–C) groups is 1. The minimum absolute atomic E-state index is 0.183. The molecule has 1 aromatic heterocycles. The van der Waals surface area contributed by atoms with E-state index in [1.807, 2.05) is 19.9 Å². The van der Waals surface area contributed by atoms with Gasteiger partial charge in [-0.05, 0) is 70.0 Å². The van der Waals surface area contributed by atoms with Crippen molar-refractivity contribution in [2.45, 2.75) is 39.2 Å². The van der Waals surface area contributed by atoms with Crippen molar-refractivity contribution in [1.82, 2.24) is 10.6 Å². The Hall–Kier alpha value is -2.54. The van der Waals surface area contributed by atoms with Gasteiger partial charge in [0.05, 0.1) is 13.2 Å². The molecule has 0 saturated carbocycles. The second-order valence-electron chi connectivity index (χ2n) is 6.82. The van der Waals surface area contributed by atoms with Crippen LogP contribution < -0.4 is 15.4 Å². The van der Waals surface area contributed by atoms with Gasteiger partial charge in [-0.1, -0.05) is 0 Å². The summed E-state index contributed by atoms with van der Waals surface area (Å²) >= 11 is 0. The lowest BCUT2D eigenvalue weighted by Crippen LogP contribution is -2.39. The summed E-state index contributed by atoms with van der Waals surface area (Å²) in [5.41, 5.74) is -1.17. The lowest BCUT2D eigenvalue weighted by molar-refractivity contribution is 0.0428. The Balaban J connectivity index is 1.72. The van der Waals surface area contributed by atoms with E-state index in [2.05, 4.69) is 15.6 Å². The molecule has 6 nitrogen and oxygen atoms in total. The predicted octanol–water partition coefficient (Wildman–Crippen LogP) is 3.35. The molecule has 0 aliphatic carbocycles. The molecule has 0 bridgehead atoms. The first-order valence-corrected chi connectivity index (χ1v) is 9.60. The number of aryl methyl sites for hydroxylation is 1. The van der Waals surface area contributed by atoms with E-state index in [1.165, 1.54) is 12.1 Å². The van der Waals surface area contributed by atoms with Gasteiger partial charge in [0, 0.05) is 13.1 Å². The smallest absolute Gasteiger partial charge is 0.191 e. The highest BCUT2D eigenvalue weighted by Gasteiger charge is 2.26. The van der Waals surface area contributed by atoms with Crippen molar-refractivity contribution in [3.63, 3.8) is 0 Å². The number of unbranched alkanes of at least 4 members (excludes halogenated alkanes) is 1. The van der Waals surface area contributed by atoms with Crippen molar-refractivity contribution in [2.75, 3.05) is 26.2 Å². The maximum atomic E-state index is 12.8. The fourth-order valence-corrected chi connectivity index (χ4v) is 2.53.